The van der Waals surface area contributed by atoms with Gasteiger partial charge in [-0.15, -0.1) is 0 Å². The van der Waals surface area contributed by atoms with Gasteiger partial charge in [0.15, 0.2) is 0 Å². The van der Waals surface area contributed by atoms with E-state index in [2.05, 4.69) is 0 Å². The predicted molar refractivity (Wildman–Crippen MR) is 27.5 cm³/mol. The van der Waals surface area contributed by atoms with Crippen molar-refractivity contribution in [1.29, 1.82) is 0 Å². The van der Waals surface area contributed by atoms with Crippen LogP contribution in [-0.4, -0.2) is 13.2 Å². The van der Waals surface area contributed by atoms with Crippen LogP contribution in [0.1, 0.15) is 6.92 Å². The maximum atomic E-state index is 11.0. The van der Waals surface area contributed by atoms with Gasteiger partial charge >= 0.3 is 37.3 Å². The molecule has 0 spiro atoms. The molecule has 0 aliphatic heterocycles. The number of rotatable bonds is 0. The molecule has 34 valence electrons. The van der Waals surface area contributed by atoms with Crippen molar-refractivity contribution < 1.29 is 4.48 Å². The molecule has 0 fully saturated rings. The van der Waals surface area contributed by atoms with E-state index in [1.807, 2.05) is 6.92 Å². The summed E-state index contributed by atoms with van der Waals surface area (Å²) in [5.74, 6) is 0. The van der Waals surface area contributed by atoms with Crippen LogP contribution < -0.4 is 5.31 Å². The molecule has 0 amide bonds. The van der Waals surface area contributed by atoms with E-state index < -0.39 is 7.39 Å². The van der Waals surface area contributed by atoms with Gasteiger partial charge in [0.05, 0.1) is 0 Å². The molecule has 4 heteroatoms. The first-order chi connectivity index (χ1) is 2.81. The first-order valence-electron chi connectivity index (χ1n) is 1.69. The van der Waals surface area contributed by atoms with Crippen LogP contribution in [0.2, 0.25) is 0 Å². The molecule has 0 bridgehead atoms. The summed E-state index contributed by atoms with van der Waals surface area (Å²) in [5.41, 5.74) is 0. The summed E-state index contributed by atoms with van der Waals surface area (Å²) in [6, 6.07) is 0. The molecule has 0 saturated heterocycles. The number of hydrogen-bond donors (Lipinski definition) is 1. The molecule has 6 heavy (non-hydrogen) atoms. The Kier molecular flexibility index (Phi) is 3.59. The van der Waals surface area contributed by atoms with Crippen molar-refractivity contribution in [1.82, 2.24) is 5.31 Å². The summed E-state index contributed by atoms with van der Waals surface area (Å²) in [6.45, 7) is 1.83. The Bertz CT molecular complexity index is 77.3. The van der Waals surface area contributed by atoms with E-state index in [4.69, 9.17) is 7.01 Å². The molecule has 0 aliphatic rings. The summed E-state index contributed by atoms with van der Waals surface area (Å²) < 4.78 is 11.0. The van der Waals surface area contributed by atoms with Crippen molar-refractivity contribution in [3.63, 3.8) is 0 Å². The van der Waals surface area contributed by atoms with E-state index in [1.54, 1.807) is 0 Å². The van der Waals surface area contributed by atoms with Crippen molar-refractivity contribution >= 4 is 14.4 Å². The Morgan fingerprint density at radius 3 is 2.50 bits per heavy atom. The van der Waals surface area contributed by atoms with Crippen LogP contribution in [0.4, 0.5) is 4.48 Å². The molecule has 0 saturated carbocycles. The first kappa shape index (κ1) is 6.25. The van der Waals surface area contributed by atoms with E-state index >= 15 is 0 Å². The molecule has 0 rings (SSSR count). The fourth-order valence-corrected chi connectivity index (χ4v) is 0.179. The summed E-state index contributed by atoms with van der Waals surface area (Å²) in [6.07, 6.45) is 0.686. The topological polar surface area (TPSA) is 12.0 Å². The Morgan fingerprint density at radius 1 is 2.00 bits per heavy atom. The average molecular weight is 105 g/mol. The van der Waals surface area contributed by atoms with Crippen LogP contribution in [-0.2, 0) is 0 Å². The second-order valence-corrected chi connectivity index (χ2v) is 2.61. The fraction of sp³-hybridized carbons (Fsp3) is 1.00. The third-order valence-corrected chi connectivity index (χ3v) is 1.35. The van der Waals surface area contributed by atoms with Gasteiger partial charge in [-0.3, -0.25) is 0 Å². The number of nitrogens with one attached hydrogen (secondary N) is 1. The fourth-order valence-electron chi connectivity index (χ4n) is 0.0598. The standard InChI is InChI=1S/C2H6BFNP/c1-2-6(3)5-4/h5H,2H2,1H3. The van der Waals surface area contributed by atoms with Gasteiger partial charge in [0.25, 0.3) is 0 Å². The van der Waals surface area contributed by atoms with Gasteiger partial charge in [0.1, 0.15) is 0 Å². The number of halogens is 1. The van der Waals surface area contributed by atoms with Gasteiger partial charge < -0.3 is 0 Å². The second-order valence-electron chi connectivity index (χ2n) is 0.871. The zero-order valence-corrected chi connectivity index (χ0v) is 4.50. The van der Waals surface area contributed by atoms with Crippen molar-refractivity contribution in [3.05, 3.63) is 0 Å². The van der Waals surface area contributed by atoms with Crippen molar-refractivity contribution in [2.24, 2.45) is 0 Å². The molecule has 0 aromatic heterocycles. The van der Waals surface area contributed by atoms with Crippen LogP contribution in [0.25, 0.3) is 0 Å². The van der Waals surface area contributed by atoms with Gasteiger partial charge in [0, 0.05) is 0 Å². The van der Waals surface area contributed by atoms with Gasteiger partial charge in [-0.1, -0.05) is 0 Å². The normalized spacial score (nSPS) is 11.7. The van der Waals surface area contributed by atoms with E-state index in [0.29, 0.717) is 6.16 Å². The minimum atomic E-state index is -0.993. The molecular formula is C2H6BFNP. The minimum absolute atomic E-state index is 0.686. The van der Waals surface area contributed by atoms with E-state index in [0.717, 1.165) is 0 Å². The van der Waals surface area contributed by atoms with E-state index in [1.165, 1.54) is 5.31 Å². The maximum absolute atomic E-state index is 11.0. The van der Waals surface area contributed by atoms with Crippen LogP contribution in [0.15, 0.2) is 0 Å². The summed E-state index contributed by atoms with van der Waals surface area (Å²) in [7, 11) is 4.06. The van der Waals surface area contributed by atoms with Crippen molar-refractivity contribution in [2.75, 3.05) is 6.16 Å². The number of hydrogen-bond acceptors (Lipinski definition) is 1. The Balaban J connectivity index is 3.08. The monoisotopic (exact) mass is 105 g/mol. The molecule has 1 nitrogen and oxygen atoms in total. The van der Waals surface area contributed by atoms with Gasteiger partial charge in [-0.25, -0.2) is 0 Å². The average Bonchev–Trinajstić information content (AvgIpc) is 1.65. The quantitative estimate of drug-likeness (QED) is 0.275. The Labute approximate surface area is 38.3 Å². The zero-order valence-electron chi connectivity index (χ0n) is 3.61. The van der Waals surface area contributed by atoms with Crippen molar-refractivity contribution in [2.45, 2.75) is 6.92 Å². The molecule has 1 atom stereocenters. The van der Waals surface area contributed by atoms with E-state index in [9.17, 15) is 4.48 Å². The molecular weight excluding hydrogens is 98.8 g/mol. The zero-order chi connectivity index (χ0) is 4.99. The molecule has 0 heterocycles. The predicted octanol–water partition coefficient (Wildman–Crippen LogP) is 0.961. The van der Waals surface area contributed by atoms with Crippen LogP contribution in [0.5, 0.6) is 0 Å². The third kappa shape index (κ3) is 2.49. The Morgan fingerprint density at radius 2 is 2.50 bits per heavy atom. The first-order valence-corrected chi connectivity index (χ1v) is 3.29. The molecule has 0 aliphatic carbocycles. The molecule has 1 unspecified atom stereocenters. The summed E-state index contributed by atoms with van der Waals surface area (Å²) in [5, 5.41) is 1.46. The van der Waals surface area contributed by atoms with Gasteiger partial charge in [-0.2, -0.15) is 0 Å². The van der Waals surface area contributed by atoms with Gasteiger partial charge in [0.2, 0.25) is 0 Å². The van der Waals surface area contributed by atoms with Crippen LogP contribution >= 0.6 is 7.39 Å². The third-order valence-electron chi connectivity index (χ3n) is 0.449. The second kappa shape index (κ2) is 3.45. The summed E-state index contributed by atoms with van der Waals surface area (Å²) >= 11 is 0. The van der Waals surface area contributed by atoms with E-state index in [-0.39, 0.29) is 0 Å². The molecule has 1 N–H and O–H groups in total. The SMILES string of the molecule is B#P(CC)NF. The molecule has 0 aromatic carbocycles. The van der Waals surface area contributed by atoms with Gasteiger partial charge in [-0.05, 0) is 0 Å². The van der Waals surface area contributed by atoms with Crippen molar-refractivity contribution in [3.8, 4) is 0 Å². The molecule has 0 radical (unpaired) electrons. The Hall–Kier alpha value is 0.255. The summed E-state index contributed by atoms with van der Waals surface area (Å²) in [4.78, 5) is 0. The molecule has 0 aromatic rings. The van der Waals surface area contributed by atoms with Crippen LogP contribution in [0, 0.1) is 0 Å². The van der Waals surface area contributed by atoms with Crippen LogP contribution in [0.3, 0.4) is 0 Å².